The SMILES string of the molecule is COC(=O)NCc1csc(=O)[nH]1. The molecule has 0 aromatic carbocycles. The minimum atomic E-state index is -0.512. The third-order valence-electron chi connectivity index (χ3n) is 1.18. The van der Waals surface area contributed by atoms with Gasteiger partial charge in [-0.25, -0.2) is 4.79 Å². The van der Waals surface area contributed by atoms with Crippen LogP contribution >= 0.6 is 11.3 Å². The zero-order valence-electron chi connectivity index (χ0n) is 6.42. The summed E-state index contributed by atoms with van der Waals surface area (Å²) in [5, 5.41) is 4.09. The second-order valence-electron chi connectivity index (χ2n) is 2.02. The predicted octanol–water partition coefficient (Wildman–Crippen LogP) is 0.292. The van der Waals surface area contributed by atoms with Crippen molar-refractivity contribution in [2.24, 2.45) is 0 Å². The van der Waals surface area contributed by atoms with E-state index in [1.54, 1.807) is 5.38 Å². The van der Waals surface area contributed by atoms with Gasteiger partial charge in [-0.1, -0.05) is 11.3 Å². The van der Waals surface area contributed by atoms with E-state index in [9.17, 15) is 9.59 Å². The molecule has 1 heterocycles. The number of carbonyl (C=O) groups excluding carboxylic acids is 1. The summed E-state index contributed by atoms with van der Waals surface area (Å²) >= 11 is 1.06. The van der Waals surface area contributed by atoms with Crippen molar-refractivity contribution in [2.75, 3.05) is 7.11 Å². The van der Waals surface area contributed by atoms with Gasteiger partial charge in [-0.2, -0.15) is 0 Å². The van der Waals surface area contributed by atoms with Crippen molar-refractivity contribution in [3.05, 3.63) is 20.7 Å². The third-order valence-corrected chi connectivity index (χ3v) is 1.90. The second kappa shape index (κ2) is 3.91. The van der Waals surface area contributed by atoms with Crippen LogP contribution in [0.4, 0.5) is 4.79 Å². The molecule has 1 aromatic rings. The Kier molecular flexibility index (Phi) is 2.87. The highest BCUT2D eigenvalue weighted by Crippen LogP contribution is 1.94. The van der Waals surface area contributed by atoms with Gasteiger partial charge in [0.25, 0.3) is 0 Å². The lowest BCUT2D eigenvalue weighted by molar-refractivity contribution is 0.170. The number of hydrogen-bond donors (Lipinski definition) is 2. The summed E-state index contributed by atoms with van der Waals surface area (Å²) < 4.78 is 4.34. The second-order valence-corrected chi connectivity index (χ2v) is 2.86. The first kappa shape index (κ1) is 8.79. The van der Waals surface area contributed by atoms with Crippen molar-refractivity contribution in [1.82, 2.24) is 10.3 Å². The van der Waals surface area contributed by atoms with E-state index in [1.807, 2.05) is 0 Å². The summed E-state index contributed by atoms with van der Waals surface area (Å²) in [5.41, 5.74) is 0.676. The van der Waals surface area contributed by atoms with Crippen LogP contribution in [0.1, 0.15) is 5.69 Å². The highest BCUT2D eigenvalue weighted by Gasteiger charge is 1.99. The Hall–Kier alpha value is -1.30. The van der Waals surface area contributed by atoms with Crippen molar-refractivity contribution in [2.45, 2.75) is 6.54 Å². The summed E-state index contributed by atoms with van der Waals surface area (Å²) in [6.45, 7) is 0.283. The number of amides is 1. The standard InChI is InChI=1S/C6H8N2O3S/c1-11-5(9)7-2-4-3-12-6(10)8-4/h3H,2H2,1H3,(H,7,9)(H,8,10). The highest BCUT2D eigenvalue weighted by molar-refractivity contribution is 7.07. The van der Waals surface area contributed by atoms with Gasteiger partial charge in [-0.05, 0) is 0 Å². The van der Waals surface area contributed by atoms with E-state index >= 15 is 0 Å². The highest BCUT2D eigenvalue weighted by atomic mass is 32.1. The molecule has 0 saturated heterocycles. The zero-order chi connectivity index (χ0) is 8.97. The van der Waals surface area contributed by atoms with Gasteiger partial charge >= 0.3 is 11.0 Å². The van der Waals surface area contributed by atoms with Gasteiger partial charge in [0.15, 0.2) is 0 Å². The fraction of sp³-hybridized carbons (Fsp3) is 0.333. The predicted molar refractivity (Wildman–Crippen MR) is 44.2 cm³/mol. The number of ether oxygens (including phenoxy) is 1. The molecule has 0 saturated carbocycles. The van der Waals surface area contributed by atoms with Crippen molar-refractivity contribution >= 4 is 17.4 Å². The van der Waals surface area contributed by atoms with Crippen LogP contribution < -0.4 is 10.2 Å². The molecular weight excluding hydrogens is 180 g/mol. The van der Waals surface area contributed by atoms with Gasteiger partial charge in [0.2, 0.25) is 0 Å². The number of aromatic nitrogens is 1. The number of hydrogen-bond acceptors (Lipinski definition) is 4. The zero-order valence-corrected chi connectivity index (χ0v) is 7.23. The smallest absolute Gasteiger partial charge is 0.407 e. The summed E-state index contributed by atoms with van der Waals surface area (Å²) in [6, 6.07) is 0. The molecule has 66 valence electrons. The van der Waals surface area contributed by atoms with Crippen LogP contribution in [-0.2, 0) is 11.3 Å². The minimum Gasteiger partial charge on any atom is -0.453 e. The third kappa shape index (κ3) is 2.39. The first-order valence-corrected chi connectivity index (χ1v) is 4.09. The Labute approximate surface area is 72.4 Å². The molecule has 2 N–H and O–H groups in total. The van der Waals surface area contributed by atoms with E-state index < -0.39 is 6.09 Å². The van der Waals surface area contributed by atoms with E-state index in [0.717, 1.165) is 11.3 Å². The minimum absolute atomic E-state index is 0.128. The summed E-state index contributed by atoms with van der Waals surface area (Å²) in [5.74, 6) is 0. The Balaban J connectivity index is 2.43. The molecule has 0 aliphatic rings. The Morgan fingerprint density at radius 1 is 1.83 bits per heavy atom. The van der Waals surface area contributed by atoms with Crippen molar-refractivity contribution in [1.29, 1.82) is 0 Å². The first-order valence-electron chi connectivity index (χ1n) is 3.21. The normalized spacial score (nSPS) is 9.42. The largest absolute Gasteiger partial charge is 0.453 e. The van der Waals surface area contributed by atoms with Crippen molar-refractivity contribution in [3.8, 4) is 0 Å². The van der Waals surface area contributed by atoms with Gasteiger partial charge in [0.05, 0.1) is 13.7 Å². The van der Waals surface area contributed by atoms with Crippen LogP contribution in [0.25, 0.3) is 0 Å². The van der Waals surface area contributed by atoms with Gasteiger partial charge in [-0.15, -0.1) is 0 Å². The molecule has 12 heavy (non-hydrogen) atoms. The Bertz CT molecular complexity index is 317. The molecule has 0 spiro atoms. The fourth-order valence-electron chi connectivity index (χ4n) is 0.640. The average molecular weight is 188 g/mol. The first-order chi connectivity index (χ1) is 5.72. The number of thiazole rings is 1. The molecule has 1 rings (SSSR count). The molecule has 0 fully saturated rings. The summed E-state index contributed by atoms with van der Waals surface area (Å²) in [4.78, 5) is 23.6. The molecule has 6 heteroatoms. The van der Waals surface area contributed by atoms with E-state index in [0.29, 0.717) is 5.69 Å². The van der Waals surface area contributed by atoms with Crippen molar-refractivity contribution in [3.63, 3.8) is 0 Å². The quantitative estimate of drug-likeness (QED) is 0.700. The van der Waals surface area contributed by atoms with Gasteiger partial charge in [0, 0.05) is 11.1 Å². The number of alkyl carbamates (subject to hydrolysis) is 1. The molecule has 0 aliphatic heterocycles. The van der Waals surface area contributed by atoms with Gasteiger partial charge < -0.3 is 15.0 Å². The van der Waals surface area contributed by atoms with Crippen molar-refractivity contribution < 1.29 is 9.53 Å². The monoisotopic (exact) mass is 188 g/mol. The number of aromatic amines is 1. The van der Waals surface area contributed by atoms with Crippen LogP contribution in [0.3, 0.4) is 0 Å². The van der Waals surface area contributed by atoms with Gasteiger partial charge in [-0.3, -0.25) is 4.79 Å². The average Bonchev–Trinajstić information content (AvgIpc) is 2.47. The van der Waals surface area contributed by atoms with Crippen LogP contribution in [0, 0.1) is 0 Å². The number of H-pyrrole nitrogens is 1. The number of rotatable bonds is 2. The maximum Gasteiger partial charge on any atom is 0.407 e. The van der Waals surface area contributed by atoms with Crippen LogP contribution in [0.5, 0.6) is 0 Å². The van der Waals surface area contributed by atoms with E-state index in [-0.39, 0.29) is 11.4 Å². The Morgan fingerprint density at radius 2 is 2.58 bits per heavy atom. The van der Waals surface area contributed by atoms with E-state index in [4.69, 9.17) is 0 Å². The molecular formula is C6H8N2O3S. The van der Waals surface area contributed by atoms with E-state index in [1.165, 1.54) is 7.11 Å². The number of carbonyl (C=O) groups is 1. The van der Waals surface area contributed by atoms with Crippen LogP contribution in [0.15, 0.2) is 10.2 Å². The molecule has 0 radical (unpaired) electrons. The molecule has 1 amide bonds. The molecule has 0 aliphatic carbocycles. The molecule has 1 aromatic heterocycles. The number of nitrogens with one attached hydrogen (secondary N) is 2. The lowest BCUT2D eigenvalue weighted by Crippen LogP contribution is -2.22. The Morgan fingerprint density at radius 3 is 3.08 bits per heavy atom. The molecule has 0 atom stereocenters. The summed E-state index contributed by atoms with van der Waals surface area (Å²) in [7, 11) is 1.28. The topological polar surface area (TPSA) is 71.2 Å². The molecule has 0 bridgehead atoms. The maximum atomic E-state index is 10.6. The lowest BCUT2D eigenvalue weighted by Gasteiger charge is -1.99. The number of methoxy groups -OCH3 is 1. The lowest BCUT2D eigenvalue weighted by atomic mass is 10.5. The van der Waals surface area contributed by atoms with Crippen LogP contribution in [0.2, 0.25) is 0 Å². The van der Waals surface area contributed by atoms with Gasteiger partial charge in [0.1, 0.15) is 0 Å². The summed E-state index contributed by atoms with van der Waals surface area (Å²) in [6.07, 6.45) is -0.512. The van der Waals surface area contributed by atoms with Crippen LogP contribution in [-0.4, -0.2) is 18.2 Å². The molecule has 5 nitrogen and oxygen atoms in total. The maximum absolute atomic E-state index is 10.6. The fourth-order valence-corrected chi connectivity index (χ4v) is 1.22. The van der Waals surface area contributed by atoms with E-state index in [2.05, 4.69) is 15.0 Å². The molecule has 0 unspecified atom stereocenters.